The van der Waals surface area contributed by atoms with Crippen molar-refractivity contribution in [1.82, 2.24) is 24.4 Å². The maximum Gasteiger partial charge on any atom is 0.411 e. The fourth-order valence-corrected chi connectivity index (χ4v) is 4.04. The fraction of sp³-hybridized carbons (Fsp3) is 0.619. The van der Waals surface area contributed by atoms with Crippen molar-refractivity contribution >= 4 is 17.5 Å². The molecule has 1 aliphatic rings. The second kappa shape index (κ2) is 10.5. The van der Waals surface area contributed by atoms with Gasteiger partial charge in [-0.3, -0.25) is 14.5 Å². The van der Waals surface area contributed by atoms with Crippen LogP contribution in [0.4, 0.5) is 13.2 Å². The van der Waals surface area contributed by atoms with Crippen molar-refractivity contribution in [3.8, 4) is 0 Å². The molecule has 0 radical (unpaired) electrons. The molecule has 3 rings (SSSR count). The fourth-order valence-electron chi connectivity index (χ4n) is 4.04. The normalized spacial score (nSPS) is 15.4. The molecule has 1 fully saturated rings. The van der Waals surface area contributed by atoms with Crippen molar-refractivity contribution < 1.29 is 27.5 Å². The van der Waals surface area contributed by atoms with Gasteiger partial charge in [-0.05, 0) is 32.3 Å². The number of carbonyl (C=O) groups excluding carboxylic acids is 2. The minimum atomic E-state index is -4.30. The summed E-state index contributed by atoms with van der Waals surface area (Å²) >= 11 is 0. The molecule has 2 aromatic rings. The highest BCUT2D eigenvalue weighted by atomic mass is 19.4. The van der Waals surface area contributed by atoms with Gasteiger partial charge in [0.15, 0.2) is 5.65 Å². The highest BCUT2D eigenvalue weighted by molar-refractivity contribution is 5.98. The van der Waals surface area contributed by atoms with Gasteiger partial charge in [0, 0.05) is 57.1 Å². The minimum absolute atomic E-state index is 0.0420. The van der Waals surface area contributed by atoms with Crippen LogP contribution in [-0.2, 0) is 16.0 Å². The number of nitrogens with zero attached hydrogens (tertiary/aromatic N) is 5. The van der Waals surface area contributed by atoms with Crippen LogP contribution in [0.25, 0.3) is 5.65 Å². The lowest BCUT2D eigenvalue weighted by Crippen LogP contribution is -2.49. The molecule has 182 valence electrons. The van der Waals surface area contributed by atoms with E-state index in [9.17, 15) is 22.8 Å². The number of piperazine rings is 1. The first-order chi connectivity index (χ1) is 15.6. The summed E-state index contributed by atoms with van der Waals surface area (Å²) in [4.78, 5) is 32.7. The summed E-state index contributed by atoms with van der Waals surface area (Å²) in [7, 11) is 0. The van der Waals surface area contributed by atoms with Crippen LogP contribution in [-0.4, -0.2) is 88.3 Å². The topological polar surface area (TPSA) is 106 Å². The molecule has 12 heteroatoms. The van der Waals surface area contributed by atoms with Crippen molar-refractivity contribution in [2.24, 2.45) is 5.73 Å². The van der Waals surface area contributed by atoms with Crippen molar-refractivity contribution in [1.29, 1.82) is 0 Å². The molecule has 2 amide bonds. The van der Waals surface area contributed by atoms with Gasteiger partial charge in [0.25, 0.3) is 5.91 Å². The Morgan fingerprint density at radius 3 is 2.52 bits per heavy atom. The summed E-state index contributed by atoms with van der Waals surface area (Å²) in [6.45, 7) is 5.71. The molecule has 9 nitrogen and oxygen atoms in total. The van der Waals surface area contributed by atoms with E-state index in [4.69, 9.17) is 5.73 Å². The monoisotopic (exact) mass is 470 g/mol. The van der Waals surface area contributed by atoms with Gasteiger partial charge in [0.2, 0.25) is 5.91 Å². The lowest BCUT2D eigenvalue weighted by molar-refractivity contribution is -0.174. The van der Waals surface area contributed by atoms with E-state index in [2.05, 4.69) is 19.7 Å². The third-order valence-electron chi connectivity index (χ3n) is 5.82. The standard InChI is InChI=1S/C21H29F3N6O3/c1-14-16(15(2)30-20(27-14)17(12-26-30)19(25)32)4-5-18(31)29-9-7-28(8-10-29)6-3-11-33-13-21(22,23)24/h12H,3-11,13H2,1-2H3,(H2,25,32). The van der Waals surface area contributed by atoms with Gasteiger partial charge in [-0.25, -0.2) is 9.50 Å². The Morgan fingerprint density at radius 2 is 1.88 bits per heavy atom. The summed E-state index contributed by atoms with van der Waals surface area (Å²) in [6.07, 6.45) is -1.56. The molecule has 33 heavy (non-hydrogen) atoms. The van der Waals surface area contributed by atoms with Gasteiger partial charge in [0.1, 0.15) is 12.2 Å². The van der Waals surface area contributed by atoms with Crippen molar-refractivity contribution in [3.05, 3.63) is 28.7 Å². The molecule has 3 heterocycles. The van der Waals surface area contributed by atoms with Gasteiger partial charge in [0.05, 0.1) is 6.20 Å². The number of hydrogen-bond donors (Lipinski definition) is 1. The summed E-state index contributed by atoms with van der Waals surface area (Å²) in [6, 6.07) is 0. The van der Waals surface area contributed by atoms with Crippen molar-refractivity contribution in [2.45, 2.75) is 39.3 Å². The van der Waals surface area contributed by atoms with E-state index >= 15 is 0 Å². The molecule has 0 atom stereocenters. The Morgan fingerprint density at radius 1 is 1.18 bits per heavy atom. The van der Waals surface area contributed by atoms with Crippen LogP contribution in [0, 0.1) is 13.8 Å². The number of hydrogen-bond acceptors (Lipinski definition) is 6. The SMILES string of the molecule is Cc1nc2c(C(N)=O)cnn2c(C)c1CCC(=O)N1CCN(CCCOCC(F)(F)F)CC1. The Labute approximate surface area is 189 Å². The zero-order valence-electron chi connectivity index (χ0n) is 18.8. The smallest absolute Gasteiger partial charge is 0.372 e. The number of fused-ring (bicyclic) bond motifs is 1. The van der Waals surface area contributed by atoms with Crippen LogP contribution in [0.1, 0.15) is 40.2 Å². The first-order valence-electron chi connectivity index (χ1n) is 10.8. The number of ether oxygens (including phenoxy) is 1. The predicted octanol–water partition coefficient (Wildman–Crippen LogP) is 1.49. The number of nitrogens with two attached hydrogens (primary N) is 1. The average molecular weight is 470 g/mol. The molecule has 0 saturated carbocycles. The van der Waals surface area contributed by atoms with E-state index in [0.29, 0.717) is 57.6 Å². The van der Waals surface area contributed by atoms with Gasteiger partial charge in [-0.2, -0.15) is 18.3 Å². The van der Waals surface area contributed by atoms with Crippen LogP contribution in [0.15, 0.2) is 6.20 Å². The predicted molar refractivity (Wildman–Crippen MR) is 114 cm³/mol. The lowest BCUT2D eigenvalue weighted by Gasteiger charge is -2.34. The number of aromatic nitrogens is 3. The molecular formula is C21H29F3N6O3. The van der Waals surface area contributed by atoms with E-state index in [-0.39, 0.29) is 18.1 Å². The van der Waals surface area contributed by atoms with Crippen LogP contribution in [0.2, 0.25) is 0 Å². The van der Waals surface area contributed by atoms with Crippen molar-refractivity contribution in [2.75, 3.05) is 45.9 Å². The molecule has 0 bridgehead atoms. The molecular weight excluding hydrogens is 441 g/mol. The number of primary amides is 1. The highest BCUT2D eigenvalue weighted by Crippen LogP contribution is 2.19. The van der Waals surface area contributed by atoms with Crippen molar-refractivity contribution in [3.63, 3.8) is 0 Å². The van der Waals surface area contributed by atoms with Gasteiger partial charge < -0.3 is 15.4 Å². The molecule has 0 aromatic carbocycles. The van der Waals surface area contributed by atoms with Crippen LogP contribution < -0.4 is 5.73 Å². The number of carbonyl (C=O) groups is 2. The quantitative estimate of drug-likeness (QED) is 0.557. The Hall–Kier alpha value is -2.73. The largest absolute Gasteiger partial charge is 0.411 e. The number of amides is 2. The number of alkyl halides is 3. The molecule has 0 unspecified atom stereocenters. The first kappa shape index (κ1) is 24.9. The number of halogens is 3. The molecule has 0 aliphatic carbocycles. The third-order valence-corrected chi connectivity index (χ3v) is 5.82. The summed E-state index contributed by atoms with van der Waals surface area (Å²) < 4.78 is 42.4. The lowest BCUT2D eigenvalue weighted by atomic mass is 10.1. The van der Waals surface area contributed by atoms with Crippen LogP contribution in [0.5, 0.6) is 0 Å². The van der Waals surface area contributed by atoms with E-state index in [1.807, 2.05) is 18.7 Å². The summed E-state index contributed by atoms with van der Waals surface area (Å²) in [5.41, 5.74) is 8.50. The minimum Gasteiger partial charge on any atom is -0.372 e. The second-order valence-electron chi connectivity index (χ2n) is 8.16. The zero-order chi connectivity index (χ0) is 24.2. The maximum atomic E-state index is 12.7. The van der Waals surface area contributed by atoms with E-state index in [1.54, 1.807) is 4.52 Å². The summed E-state index contributed by atoms with van der Waals surface area (Å²) in [5, 5.41) is 4.20. The Balaban J connectivity index is 1.46. The second-order valence-corrected chi connectivity index (χ2v) is 8.16. The Kier molecular flexibility index (Phi) is 7.90. The highest BCUT2D eigenvalue weighted by Gasteiger charge is 2.27. The van der Waals surface area contributed by atoms with Gasteiger partial charge in [-0.15, -0.1) is 0 Å². The molecule has 1 aliphatic heterocycles. The van der Waals surface area contributed by atoms with E-state index in [1.165, 1.54) is 6.20 Å². The maximum absolute atomic E-state index is 12.7. The third kappa shape index (κ3) is 6.41. The van der Waals surface area contributed by atoms with Crippen LogP contribution in [0.3, 0.4) is 0 Å². The van der Waals surface area contributed by atoms with E-state index < -0.39 is 18.7 Å². The number of aryl methyl sites for hydroxylation is 2. The van der Waals surface area contributed by atoms with Gasteiger partial charge in [-0.1, -0.05) is 0 Å². The molecule has 1 saturated heterocycles. The zero-order valence-corrected chi connectivity index (χ0v) is 18.8. The van der Waals surface area contributed by atoms with Crippen LogP contribution >= 0.6 is 0 Å². The van der Waals surface area contributed by atoms with E-state index in [0.717, 1.165) is 17.0 Å². The molecule has 0 spiro atoms. The first-order valence-corrected chi connectivity index (χ1v) is 10.8. The average Bonchev–Trinajstić information content (AvgIpc) is 3.17. The summed E-state index contributed by atoms with van der Waals surface area (Å²) in [5.74, 6) is -0.549. The molecule has 2 aromatic heterocycles. The number of rotatable bonds is 9. The molecule has 2 N–H and O–H groups in total. The Bertz CT molecular complexity index is 999. The van der Waals surface area contributed by atoms with Gasteiger partial charge >= 0.3 is 6.18 Å².